The van der Waals surface area contributed by atoms with Crippen molar-refractivity contribution in [1.82, 2.24) is 4.98 Å². The molecule has 0 bridgehead atoms. The highest BCUT2D eigenvalue weighted by Crippen LogP contribution is 2.28. The Morgan fingerprint density at radius 1 is 1.58 bits per heavy atom. The molecule has 4 nitrogen and oxygen atoms in total. The monoisotopic (exact) mass is 297 g/mol. The second-order valence-corrected chi connectivity index (χ2v) is 6.00. The van der Waals surface area contributed by atoms with Crippen molar-refractivity contribution in [1.29, 1.82) is 0 Å². The predicted octanol–water partition coefficient (Wildman–Crippen LogP) is 3.26. The SMILES string of the molecule is CCC(C)[C@H](N)C(=O)Nc1nc2ccc(Cl)cc2s1. The van der Waals surface area contributed by atoms with Gasteiger partial charge in [0.15, 0.2) is 5.13 Å². The summed E-state index contributed by atoms with van der Waals surface area (Å²) in [5, 5.41) is 3.98. The molecule has 1 unspecified atom stereocenters. The largest absolute Gasteiger partial charge is 0.320 e. The highest BCUT2D eigenvalue weighted by molar-refractivity contribution is 7.22. The van der Waals surface area contributed by atoms with Crippen LogP contribution in [0.5, 0.6) is 0 Å². The molecule has 0 aliphatic rings. The molecular formula is C13H16ClN3OS. The Bertz CT molecular complexity index is 599. The molecule has 1 amide bonds. The molecule has 0 saturated carbocycles. The van der Waals surface area contributed by atoms with Gasteiger partial charge in [-0.2, -0.15) is 0 Å². The molecule has 0 fully saturated rings. The van der Waals surface area contributed by atoms with Crippen LogP contribution in [0.4, 0.5) is 5.13 Å². The quantitative estimate of drug-likeness (QED) is 0.910. The van der Waals surface area contributed by atoms with Crippen LogP contribution in [0.3, 0.4) is 0 Å². The molecule has 1 aromatic carbocycles. The zero-order chi connectivity index (χ0) is 14.0. The molecular weight excluding hydrogens is 282 g/mol. The maximum absolute atomic E-state index is 12.0. The van der Waals surface area contributed by atoms with E-state index < -0.39 is 6.04 Å². The Morgan fingerprint density at radius 3 is 3.00 bits per heavy atom. The van der Waals surface area contributed by atoms with Gasteiger partial charge >= 0.3 is 0 Å². The third kappa shape index (κ3) is 3.23. The van der Waals surface area contributed by atoms with Gasteiger partial charge < -0.3 is 11.1 Å². The Morgan fingerprint density at radius 2 is 2.32 bits per heavy atom. The van der Waals surface area contributed by atoms with Crippen LogP contribution in [-0.2, 0) is 4.79 Å². The van der Waals surface area contributed by atoms with Crippen molar-refractivity contribution in [3.05, 3.63) is 23.2 Å². The van der Waals surface area contributed by atoms with Crippen molar-refractivity contribution >= 4 is 44.2 Å². The van der Waals surface area contributed by atoms with Gasteiger partial charge in [-0.1, -0.05) is 43.2 Å². The van der Waals surface area contributed by atoms with E-state index in [1.807, 2.05) is 26.0 Å². The third-order valence-corrected chi connectivity index (χ3v) is 4.31. The number of benzene rings is 1. The summed E-state index contributed by atoms with van der Waals surface area (Å²) >= 11 is 7.31. The van der Waals surface area contributed by atoms with Crippen LogP contribution < -0.4 is 11.1 Å². The van der Waals surface area contributed by atoms with Gasteiger partial charge in [-0.3, -0.25) is 4.79 Å². The summed E-state index contributed by atoms with van der Waals surface area (Å²) in [7, 11) is 0. The summed E-state index contributed by atoms with van der Waals surface area (Å²) in [6, 6.07) is 4.93. The molecule has 2 rings (SSSR count). The number of fused-ring (bicyclic) bond motifs is 1. The number of rotatable bonds is 4. The number of halogens is 1. The molecule has 0 aliphatic heterocycles. The first kappa shape index (κ1) is 14.2. The zero-order valence-electron chi connectivity index (χ0n) is 10.8. The molecule has 0 spiro atoms. The maximum Gasteiger partial charge on any atom is 0.243 e. The maximum atomic E-state index is 12.0. The van der Waals surface area contributed by atoms with Crippen LogP contribution in [0, 0.1) is 5.92 Å². The fourth-order valence-electron chi connectivity index (χ4n) is 1.65. The van der Waals surface area contributed by atoms with E-state index in [1.54, 1.807) is 6.07 Å². The van der Waals surface area contributed by atoms with Crippen LogP contribution in [0.1, 0.15) is 20.3 Å². The number of nitrogens with two attached hydrogens (primary N) is 1. The van der Waals surface area contributed by atoms with Gasteiger partial charge in [-0.15, -0.1) is 0 Å². The van der Waals surface area contributed by atoms with Crippen LogP contribution in [0.2, 0.25) is 5.02 Å². The molecule has 2 aromatic rings. The first-order valence-electron chi connectivity index (χ1n) is 6.13. The molecule has 3 N–H and O–H groups in total. The highest BCUT2D eigenvalue weighted by Gasteiger charge is 2.20. The van der Waals surface area contributed by atoms with E-state index in [2.05, 4.69) is 10.3 Å². The first-order valence-corrected chi connectivity index (χ1v) is 7.33. The van der Waals surface area contributed by atoms with Crippen molar-refractivity contribution in [2.24, 2.45) is 11.7 Å². The Kier molecular flexibility index (Phi) is 4.39. The smallest absolute Gasteiger partial charge is 0.243 e. The number of anilines is 1. The summed E-state index contributed by atoms with van der Waals surface area (Å²) in [5.74, 6) is -0.0525. The normalized spacial score (nSPS) is 14.3. The molecule has 2 atom stereocenters. The Hall–Kier alpha value is -1.17. The molecule has 0 radical (unpaired) electrons. The summed E-state index contributed by atoms with van der Waals surface area (Å²) in [6.07, 6.45) is 0.865. The van der Waals surface area contributed by atoms with Crippen molar-refractivity contribution in [2.75, 3.05) is 5.32 Å². The number of aromatic nitrogens is 1. The standard InChI is InChI=1S/C13H16ClN3OS/c1-3-7(2)11(15)12(18)17-13-16-9-5-4-8(14)6-10(9)19-13/h4-7,11H,3,15H2,1-2H3,(H,16,17,18)/t7?,11-/m0/s1. The molecule has 1 heterocycles. The average molecular weight is 298 g/mol. The summed E-state index contributed by atoms with van der Waals surface area (Å²) in [4.78, 5) is 16.3. The van der Waals surface area contributed by atoms with Crippen molar-refractivity contribution < 1.29 is 4.79 Å². The van der Waals surface area contributed by atoms with Crippen LogP contribution in [-0.4, -0.2) is 16.9 Å². The number of carbonyl (C=O) groups excluding carboxylic acids is 1. The number of carbonyl (C=O) groups is 1. The van der Waals surface area contributed by atoms with Crippen molar-refractivity contribution in [3.8, 4) is 0 Å². The van der Waals surface area contributed by atoms with E-state index in [0.717, 1.165) is 16.6 Å². The fraction of sp³-hybridized carbons (Fsp3) is 0.385. The minimum absolute atomic E-state index is 0.142. The lowest BCUT2D eigenvalue weighted by Gasteiger charge is -2.16. The number of nitrogens with one attached hydrogen (secondary N) is 1. The summed E-state index contributed by atoms with van der Waals surface area (Å²) in [6.45, 7) is 3.97. The van der Waals surface area contributed by atoms with E-state index in [9.17, 15) is 4.79 Å². The van der Waals surface area contributed by atoms with Gasteiger partial charge in [0.2, 0.25) is 5.91 Å². The van der Waals surface area contributed by atoms with Gasteiger partial charge in [0.05, 0.1) is 16.3 Å². The van der Waals surface area contributed by atoms with Crippen molar-refractivity contribution in [2.45, 2.75) is 26.3 Å². The number of nitrogens with zero attached hydrogens (tertiary/aromatic N) is 1. The van der Waals surface area contributed by atoms with Gasteiger partial charge in [-0.05, 0) is 24.1 Å². The molecule has 102 valence electrons. The number of hydrogen-bond donors (Lipinski definition) is 2. The number of hydrogen-bond acceptors (Lipinski definition) is 4. The van der Waals surface area contributed by atoms with Crippen LogP contribution >= 0.6 is 22.9 Å². The molecule has 1 aromatic heterocycles. The average Bonchev–Trinajstić information content (AvgIpc) is 2.77. The van der Waals surface area contributed by atoms with E-state index in [4.69, 9.17) is 17.3 Å². The van der Waals surface area contributed by atoms with Crippen LogP contribution in [0.15, 0.2) is 18.2 Å². The lowest BCUT2D eigenvalue weighted by atomic mass is 10.00. The second kappa shape index (κ2) is 5.86. The van der Waals surface area contributed by atoms with E-state index >= 15 is 0 Å². The molecule has 0 saturated heterocycles. The van der Waals surface area contributed by atoms with Crippen LogP contribution in [0.25, 0.3) is 10.2 Å². The topological polar surface area (TPSA) is 68.0 Å². The summed E-state index contributed by atoms with van der Waals surface area (Å²) in [5.41, 5.74) is 6.70. The van der Waals surface area contributed by atoms with E-state index in [1.165, 1.54) is 11.3 Å². The second-order valence-electron chi connectivity index (χ2n) is 4.53. The van der Waals surface area contributed by atoms with E-state index in [0.29, 0.717) is 10.2 Å². The van der Waals surface area contributed by atoms with E-state index in [-0.39, 0.29) is 11.8 Å². The third-order valence-electron chi connectivity index (χ3n) is 3.14. The van der Waals surface area contributed by atoms with Gasteiger partial charge in [0, 0.05) is 5.02 Å². The van der Waals surface area contributed by atoms with Gasteiger partial charge in [0.1, 0.15) is 0 Å². The van der Waals surface area contributed by atoms with Gasteiger partial charge in [0.25, 0.3) is 0 Å². The Balaban J connectivity index is 2.15. The minimum atomic E-state index is -0.513. The molecule has 6 heteroatoms. The number of thiazole rings is 1. The Labute approximate surface area is 121 Å². The first-order chi connectivity index (χ1) is 9.01. The van der Waals surface area contributed by atoms with Gasteiger partial charge in [-0.25, -0.2) is 4.98 Å². The molecule has 0 aliphatic carbocycles. The lowest BCUT2D eigenvalue weighted by Crippen LogP contribution is -2.40. The zero-order valence-corrected chi connectivity index (χ0v) is 12.4. The lowest BCUT2D eigenvalue weighted by molar-refractivity contribution is -0.118. The highest BCUT2D eigenvalue weighted by atomic mass is 35.5. The predicted molar refractivity (Wildman–Crippen MR) is 80.7 cm³/mol. The summed E-state index contributed by atoms with van der Waals surface area (Å²) < 4.78 is 0.944. The fourth-order valence-corrected chi connectivity index (χ4v) is 2.80. The molecule has 19 heavy (non-hydrogen) atoms. The number of amides is 1. The minimum Gasteiger partial charge on any atom is -0.320 e. The van der Waals surface area contributed by atoms with Crippen molar-refractivity contribution in [3.63, 3.8) is 0 Å².